The van der Waals surface area contributed by atoms with Crippen LogP contribution in [-0.2, 0) is 4.79 Å². The highest BCUT2D eigenvalue weighted by molar-refractivity contribution is 9.10. The van der Waals surface area contributed by atoms with Crippen molar-refractivity contribution in [3.05, 3.63) is 67.6 Å². The fraction of sp³-hybridized carbons (Fsp3) is 0.150. The van der Waals surface area contributed by atoms with E-state index in [1.165, 1.54) is 15.9 Å². The van der Waals surface area contributed by atoms with Gasteiger partial charge in [-0.05, 0) is 36.8 Å². The van der Waals surface area contributed by atoms with Crippen LogP contribution < -0.4 is 15.0 Å². The number of amides is 1. The van der Waals surface area contributed by atoms with E-state index in [-0.39, 0.29) is 11.5 Å². The molecule has 1 aliphatic heterocycles. The van der Waals surface area contributed by atoms with E-state index in [1.54, 1.807) is 29.4 Å². The highest BCUT2D eigenvalue weighted by atomic mass is 79.9. The molecule has 29 heavy (non-hydrogen) atoms. The normalized spacial score (nSPS) is 15.4. The summed E-state index contributed by atoms with van der Waals surface area (Å²) in [7, 11) is 0. The molecule has 0 spiro atoms. The summed E-state index contributed by atoms with van der Waals surface area (Å²) < 4.78 is 2.49. The molecule has 144 valence electrons. The van der Waals surface area contributed by atoms with Gasteiger partial charge in [-0.25, -0.2) is 0 Å². The molecular formula is C20H14BrN5O2S. The Bertz CT molecular complexity index is 1380. The van der Waals surface area contributed by atoms with Gasteiger partial charge in [-0.1, -0.05) is 34.2 Å². The van der Waals surface area contributed by atoms with Crippen molar-refractivity contribution >= 4 is 49.4 Å². The fourth-order valence-corrected chi connectivity index (χ4v) is 4.84. The third kappa shape index (κ3) is 2.80. The smallest absolute Gasteiger partial charge is 0.291 e. The molecule has 1 aromatic carbocycles. The van der Waals surface area contributed by atoms with Crippen molar-refractivity contribution in [1.29, 1.82) is 0 Å². The van der Waals surface area contributed by atoms with Crippen LogP contribution in [0.5, 0.6) is 0 Å². The zero-order chi connectivity index (χ0) is 20.1. The van der Waals surface area contributed by atoms with E-state index in [0.29, 0.717) is 27.4 Å². The van der Waals surface area contributed by atoms with E-state index in [9.17, 15) is 9.59 Å². The lowest BCUT2D eigenvalue weighted by Gasteiger charge is -2.15. The first-order valence-corrected chi connectivity index (χ1v) is 10.7. The Kier molecular flexibility index (Phi) is 4.29. The van der Waals surface area contributed by atoms with Gasteiger partial charge >= 0.3 is 0 Å². The zero-order valence-corrected chi connectivity index (χ0v) is 17.7. The summed E-state index contributed by atoms with van der Waals surface area (Å²) in [6, 6.07) is 9.27. The number of benzene rings is 1. The summed E-state index contributed by atoms with van der Waals surface area (Å²) in [4.78, 5) is 37.0. The zero-order valence-electron chi connectivity index (χ0n) is 15.3. The monoisotopic (exact) mass is 467 g/mol. The number of nitrogens with zero attached hydrogens (tertiary/aromatic N) is 5. The molecule has 4 heterocycles. The minimum atomic E-state index is -0.328. The van der Waals surface area contributed by atoms with Gasteiger partial charge in [0.1, 0.15) is 4.53 Å². The Hall–Kier alpha value is -2.91. The van der Waals surface area contributed by atoms with Crippen LogP contribution in [0.4, 0.5) is 5.69 Å². The summed E-state index contributed by atoms with van der Waals surface area (Å²) in [5.74, 6) is 0.303. The Morgan fingerprint density at radius 3 is 2.66 bits per heavy atom. The molecule has 1 amide bonds. The summed E-state index contributed by atoms with van der Waals surface area (Å²) in [6.45, 7) is 2.62. The molecule has 0 saturated heterocycles. The van der Waals surface area contributed by atoms with Crippen molar-refractivity contribution in [2.75, 3.05) is 11.4 Å². The summed E-state index contributed by atoms with van der Waals surface area (Å²) >= 11 is 4.66. The molecule has 3 aromatic heterocycles. The van der Waals surface area contributed by atoms with Crippen LogP contribution in [-0.4, -0.2) is 32.0 Å². The van der Waals surface area contributed by atoms with Crippen LogP contribution >= 0.6 is 27.3 Å². The second-order valence-electron chi connectivity index (χ2n) is 6.60. The summed E-state index contributed by atoms with van der Waals surface area (Å²) in [5.41, 5.74) is 2.46. The second-order valence-corrected chi connectivity index (χ2v) is 8.49. The van der Waals surface area contributed by atoms with Crippen LogP contribution in [0.2, 0.25) is 0 Å². The Balaban J connectivity index is 1.75. The minimum absolute atomic E-state index is 0.157. The van der Waals surface area contributed by atoms with Gasteiger partial charge in [0, 0.05) is 34.5 Å². The van der Waals surface area contributed by atoms with E-state index in [2.05, 4.69) is 31.0 Å². The Labute approximate surface area is 177 Å². The van der Waals surface area contributed by atoms with Crippen molar-refractivity contribution in [2.45, 2.75) is 13.3 Å². The molecule has 1 aliphatic rings. The van der Waals surface area contributed by atoms with Crippen molar-refractivity contribution in [3.63, 3.8) is 0 Å². The second kappa shape index (κ2) is 6.85. The predicted octanol–water partition coefficient (Wildman–Crippen LogP) is 2.65. The number of anilines is 1. The number of hydrogen-bond donors (Lipinski definition) is 0. The number of rotatable bonds is 3. The van der Waals surface area contributed by atoms with Gasteiger partial charge in [0.05, 0.1) is 11.3 Å². The first kappa shape index (κ1) is 18.1. The maximum atomic E-state index is 13.2. The van der Waals surface area contributed by atoms with E-state index in [4.69, 9.17) is 0 Å². The number of pyridine rings is 1. The molecular weight excluding hydrogens is 454 g/mol. The number of carbonyl (C=O) groups excluding carboxylic acids is 1. The standard InChI is InChI=1S/C20H14BrN5O2S/c1-2-9-25-14-4-3-12(21)10-13(14)15(18(25)27)16-19(28)26-20(29-16)23-17(24-26)11-5-7-22-8-6-11/h3-8,10H,2,9H2,1H3/b16-15-. The molecule has 4 aromatic rings. The Morgan fingerprint density at radius 2 is 1.93 bits per heavy atom. The molecule has 0 fully saturated rings. The van der Waals surface area contributed by atoms with Crippen LogP contribution in [0.15, 0.2) is 52.0 Å². The maximum Gasteiger partial charge on any atom is 0.291 e. The van der Waals surface area contributed by atoms with Crippen molar-refractivity contribution in [3.8, 4) is 11.4 Å². The number of carbonyl (C=O) groups is 1. The van der Waals surface area contributed by atoms with Gasteiger partial charge in [-0.15, -0.1) is 5.10 Å². The Morgan fingerprint density at radius 1 is 1.14 bits per heavy atom. The van der Waals surface area contributed by atoms with Gasteiger partial charge in [0.15, 0.2) is 5.82 Å². The number of hydrogen-bond acceptors (Lipinski definition) is 6. The van der Waals surface area contributed by atoms with Crippen LogP contribution in [0.1, 0.15) is 18.9 Å². The van der Waals surface area contributed by atoms with Crippen LogP contribution in [0, 0.1) is 0 Å². The molecule has 0 saturated carbocycles. The number of halogens is 1. The third-order valence-corrected chi connectivity index (χ3v) is 6.27. The molecule has 0 aliphatic carbocycles. The first-order chi connectivity index (χ1) is 14.1. The van der Waals surface area contributed by atoms with Gasteiger partial charge in [-0.2, -0.15) is 9.50 Å². The lowest BCUT2D eigenvalue weighted by atomic mass is 10.1. The average Bonchev–Trinajstić information content (AvgIpc) is 3.35. The highest BCUT2D eigenvalue weighted by Crippen LogP contribution is 2.37. The molecule has 5 rings (SSSR count). The average molecular weight is 468 g/mol. The molecule has 0 atom stereocenters. The van der Waals surface area contributed by atoms with Crippen molar-refractivity contribution in [1.82, 2.24) is 19.6 Å². The van der Waals surface area contributed by atoms with Crippen molar-refractivity contribution < 1.29 is 4.79 Å². The quantitative estimate of drug-likeness (QED) is 0.462. The predicted molar refractivity (Wildman–Crippen MR) is 115 cm³/mol. The van der Waals surface area contributed by atoms with Gasteiger partial charge in [-0.3, -0.25) is 14.6 Å². The van der Waals surface area contributed by atoms with E-state index in [0.717, 1.165) is 27.7 Å². The largest absolute Gasteiger partial charge is 0.308 e. The third-order valence-electron chi connectivity index (χ3n) is 4.75. The molecule has 0 bridgehead atoms. The maximum absolute atomic E-state index is 13.2. The number of fused-ring (bicyclic) bond motifs is 2. The fourth-order valence-electron chi connectivity index (χ4n) is 3.48. The lowest BCUT2D eigenvalue weighted by Crippen LogP contribution is -2.32. The van der Waals surface area contributed by atoms with E-state index in [1.807, 2.05) is 25.1 Å². The van der Waals surface area contributed by atoms with E-state index >= 15 is 0 Å². The van der Waals surface area contributed by atoms with E-state index < -0.39 is 0 Å². The van der Waals surface area contributed by atoms with Gasteiger partial charge in [0.25, 0.3) is 11.5 Å². The lowest BCUT2D eigenvalue weighted by molar-refractivity contribution is -0.113. The minimum Gasteiger partial charge on any atom is -0.308 e. The molecule has 9 heteroatoms. The van der Waals surface area contributed by atoms with Gasteiger partial charge in [0.2, 0.25) is 4.96 Å². The van der Waals surface area contributed by atoms with Gasteiger partial charge < -0.3 is 4.90 Å². The topological polar surface area (TPSA) is 80.5 Å². The number of aromatic nitrogens is 4. The van der Waals surface area contributed by atoms with Crippen molar-refractivity contribution in [2.24, 2.45) is 0 Å². The van der Waals surface area contributed by atoms with Crippen LogP contribution in [0.25, 0.3) is 21.9 Å². The molecule has 0 N–H and O–H groups in total. The molecule has 7 nitrogen and oxygen atoms in total. The summed E-state index contributed by atoms with van der Waals surface area (Å²) in [6.07, 6.45) is 4.12. The number of thiazole rings is 1. The molecule has 0 unspecified atom stereocenters. The first-order valence-electron chi connectivity index (χ1n) is 9.04. The highest BCUT2D eigenvalue weighted by Gasteiger charge is 2.34. The SMILES string of the molecule is CCCN1C(=O)/C(=c2\sc3nc(-c4ccncc4)nn3c2=O)c2cc(Br)ccc21. The van der Waals surface area contributed by atoms with Crippen LogP contribution in [0.3, 0.4) is 0 Å². The molecule has 0 radical (unpaired) electrons. The summed E-state index contributed by atoms with van der Waals surface area (Å²) in [5, 5.41) is 4.36.